The van der Waals surface area contributed by atoms with Crippen LogP contribution in [0, 0.1) is 20.8 Å². The van der Waals surface area contributed by atoms with Crippen LogP contribution in [-0.2, 0) is 18.3 Å². The molecule has 0 bridgehead atoms. The molecule has 0 atom stereocenters. The number of anilines is 1. The molecule has 0 spiro atoms. The van der Waals surface area contributed by atoms with E-state index in [1.165, 1.54) is 11.1 Å². The first-order valence-electron chi connectivity index (χ1n) is 8.06. The Morgan fingerprint density at radius 3 is 2.74 bits per heavy atom. The molecule has 4 heteroatoms. The lowest BCUT2D eigenvalue weighted by Crippen LogP contribution is -2.34. The number of aryl methyl sites for hydroxylation is 4. The third kappa shape index (κ3) is 2.93. The van der Waals surface area contributed by atoms with Crippen molar-refractivity contribution in [3.05, 3.63) is 52.4 Å². The fraction of sp³-hybridized carbons (Fsp3) is 0.368. The highest BCUT2D eigenvalue weighted by Crippen LogP contribution is 2.28. The maximum Gasteiger partial charge on any atom is 0.250 e. The van der Waals surface area contributed by atoms with Crippen LogP contribution in [0.4, 0.5) is 5.69 Å². The second-order valence-corrected chi connectivity index (χ2v) is 6.27. The van der Waals surface area contributed by atoms with Crippen molar-refractivity contribution in [3.63, 3.8) is 0 Å². The smallest absolute Gasteiger partial charge is 0.250 e. The summed E-state index contributed by atoms with van der Waals surface area (Å²) in [7, 11) is 1.92. The van der Waals surface area contributed by atoms with Gasteiger partial charge in [0, 0.05) is 36.6 Å². The molecule has 2 aromatic rings. The first-order chi connectivity index (χ1) is 11.0. The Kier molecular flexibility index (Phi) is 4.07. The van der Waals surface area contributed by atoms with Gasteiger partial charge in [0.1, 0.15) is 0 Å². The fourth-order valence-electron chi connectivity index (χ4n) is 3.23. The molecule has 4 nitrogen and oxygen atoms in total. The molecule has 120 valence electrons. The third-order valence-electron chi connectivity index (χ3n) is 4.58. The van der Waals surface area contributed by atoms with E-state index in [9.17, 15) is 4.79 Å². The van der Waals surface area contributed by atoms with Crippen molar-refractivity contribution < 1.29 is 4.79 Å². The molecule has 1 aromatic heterocycles. The number of benzene rings is 1. The van der Waals surface area contributed by atoms with Crippen LogP contribution in [0.15, 0.2) is 24.3 Å². The average Bonchev–Trinajstić information content (AvgIpc) is 2.77. The Hall–Kier alpha value is -2.36. The van der Waals surface area contributed by atoms with Crippen molar-refractivity contribution in [1.29, 1.82) is 0 Å². The molecular formula is C19H23N3O. The van der Waals surface area contributed by atoms with Crippen LogP contribution in [-0.4, -0.2) is 22.2 Å². The Labute approximate surface area is 137 Å². The molecule has 1 aliphatic heterocycles. The van der Waals surface area contributed by atoms with E-state index in [1.54, 1.807) is 6.08 Å². The van der Waals surface area contributed by atoms with Crippen LogP contribution in [0.3, 0.4) is 0 Å². The number of hydrogen-bond acceptors (Lipinski definition) is 2. The Balaban J connectivity index is 1.86. The van der Waals surface area contributed by atoms with Gasteiger partial charge in [-0.05, 0) is 51.3 Å². The molecular weight excluding hydrogens is 286 g/mol. The number of fused-ring (bicyclic) bond motifs is 1. The minimum atomic E-state index is 0.0393. The molecule has 1 aliphatic rings. The zero-order valence-corrected chi connectivity index (χ0v) is 14.3. The SMILES string of the molecule is Cc1ccc2c(c1)CCCN2C(=O)/C=C/c1c(C)nn(C)c1C. The summed E-state index contributed by atoms with van der Waals surface area (Å²) in [4.78, 5) is 14.5. The lowest BCUT2D eigenvalue weighted by Gasteiger charge is -2.29. The van der Waals surface area contributed by atoms with E-state index in [0.29, 0.717) is 0 Å². The van der Waals surface area contributed by atoms with Crippen LogP contribution in [0.1, 0.15) is 34.5 Å². The van der Waals surface area contributed by atoms with Gasteiger partial charge in [0.15, 0.2) is 0 Å². The minimum Gasteiger partial charge on any atom is -0.309 e. The zero-order valence-electron chi connectivity index (χ0n) is 14.3. The lowest BCUT2D eigenvalue weighted by atomic mass is 9.99. The van der Waals surface area contributed by atoms with Gasteiger partial charge in [0.05, 0.1) is 5.69 Å². The standard InChI is InChI=1S/C19H23N3O/c1-13-7-9-18-16(12-13)6-5-11-22(18)19(23)10-8-17-14(2)20-21(4)15(17)3/h7-10,12H,5-6,11H2,1-4H3/b10-8+. The Bertz CT molecular complexity index is 786. The summed E-state index contributed by atoms with van der Waals surface area (Å²) in [5.74, 6) is 0.0393. The summed E-state index contributed by atoms with van der Waals surface area (Å²) in [5, 5.41) is 4.39. The molecule has 0 saturated carbocycles. The van der Waals surface area contributed by atoms with Crippen LogP contribution >= 0.6 is 0 Å². The second-order valence-electron chi connectivity index (χ2n) is 6.27. The van der Waals surface area contributed by atoms with Crippen molar-refractivity contribution in [2.45, 2.75) is 33.6 Å². The van der Waals surface area contributed by atoms with Crippen LogP contribution < -0.4 is 4.90 Å². The summed E-state index contributed by atoms with van der Waals surface area (Å²) in [6.45, 7) is 6.86. The summed E-state index contributed by atoms with van der Waals surface area (Å²) >= 11 is 0. The predicted octanol–water partition coefficient (Wildman–Crippen LogP) is 3.34. The minimum absolute atomic E-state index is 0.0393. The molecule has 0 aliphatic carbocycles. The molecule has 1 amide bonds. The molecule has 0 N–H and O–H groups in total. The fourth-order valence-corrected chi connectivity index (χ4v) is 3.23. The quantitative estimate of drug-likeness (QED) is 0.798. The van der Waals surface area contributed by atoms with Crippen LogP contribution in [0.2, 0.25) is 0 Å². The van der Waals surface area contributed by atoms with Gasteiger partial charge < -0.3 is 4.90 Å². The average molecular weight is 309 g/mol. The molecule has 2 heterocycles. The van der Waals surface area contributed by atoms with Crippen molar-refractivity contribution in [3.8, 4) is 0 Å². The summed E-state index contributed by atoms with van der Waals surface area (Å²) in [6, 6.07) is 6.33. The van der Waals surface area contributed by atoms with Gasteiger partial charge in [-0.2, -0.15) is 5.10 Å². The number of nitrogens with zero attached hydrogens (tertiary/aromatic N) is 3. The second kappa shape index (κ2) is 6.03. The van der Waals surface area contributed by atoms with E-state index in [1.807, 2.05) is 36.6 Å². The number of carbonyl (C=O) groups excluding carboxylic acids is 1. The summed E-state index contributed by atoms with van der Waals surface area (Å²) in [5.41, 5.74) is 6.62. The zero-order chi connectivity index (χ0) is 16.6. The van der Waals surface area contributed by atoms with E-state index in [4.69, 9.17) is 0 Å². The molecule has 0 fully saturated rings. The number of carbonyl (C=O) groups is 1. The third-order valence-corrected chi connectivity index (χ3v) is 4.58. The lowest BCUT2D eigenvalue weighted by molar-refractivity contribution is -0.114. The van der Waals surface area contributed by atoms with E-state index in [2.05, 4.69) is 30.2 Å². The number of amides is 1. The number of hydrogen-bond donors (Lipinski definition) is 0. The molecule has 0 radical (unpaired) electrons. The highest BCUT2D eigenvalue weighted by atomic mass is 16.2. The molecule has 0 unspecified atom stereocenters. The van der Waals surface area contributed by atoms with E-state index >= 15 is 0 Å². The van der Waals surface area contributed by atoms with Crippen LogP contribution in [0.25, 0.3) is 6.08 Å². The Morgan fingerprint density at radius 2 is 2.04 bits per heavy atom. The molecule has 0 saturated heterocycles. The van der Waals surface area contributed by atoms with Gasteiger partial charge in [-0.3, -0.25) is 9.48 Å². The highest BCUT2D eigenvalue weighted by Gasteiger charge is 2.21. The highest BCUT2D eigenvalue weighted by molar-refractivity contribution is 6.04. The van der Waals surface area contributed by atoms with Gasteiger partial charge in [-0.1, -0.05) is 17.7 Å². The van der Waals surface area contributed by atoms with Gasteiger partial charge in [0.2, 0.25) is 0 Å². The largest absolute Gasteiger partial charge is 0.309 e. The van der Waals surface area contributed by atoms with E-state index in [0.717, 1.165) is 42.0 Å². The maximum atomic E-state index is 12.7. The maximum absolute atomic E-state index is 12.7. The summed E-state index contributed by atoms with van der Waals surface area (Å²) in [6.07, 6.45) is 5.63. The molecule has 1 aromatic carbocycles. The number of rotatable bonds is 2. The topological polar surface area (TPSA) is 38.1 Å². The first kappa shape index (κ1) is 15.5. The van der Waals surface area contributed by atoms with Crippen molar-refractivity contribution in [1.82, 2.24) is 9.78 Å². The number of aromatic nitrogens is 2. The first-order valence-corrected chi connectivity index (χ1v) is 8.06. The van der Waals surface area contributed by atoms with Crippen molar-refractivity contribution >= 4 is 17.7 Å². The van der Waals surface area contributed by atoms with E-state index in [-0.39, 0.29) is 5.91 Å². The predicted molar refractivity (Wildman–Crippen MR) is 93.6 cm³/mol. The Morgan fingerprint density at radius 1 is 1.26 bits per heavy atom. The normalized spacial score (nSPS) is 14.3. The van der Waals surface area contributed by atoms with Crippen molar-refractivity contribution in [2.75, 3.05) is 11.4 Å². The van der Waals surface area contributed by atoms with Gasteiger partial charge in [0.25, 0.3) is 5.91 Å². The van der Waals surface area contributed by atoms with Crippen molar-refractivity contribution in [2.24, 2.45) is 7.05 Å². The monoisotopic (exact) mass is 309 g/mol. The van der Waals surface area contributed by atoms with Gasteiger partial charge in [-0.25, -0.2) is 0 Å². The molecule has 3 rings (SSSR count). The van der Waals surface area contributed by atoms with Crippen LogP contribution in [0.5, 0.6) is 0 Å². The van der Waals surface area contributed by atoms with Gasteiger partial charge >= 0.3 is 0 Å². The van der Waals surface area contributed by atoms with Gasteiger partial charge in [-0.15, -0.1) is 0 Å². The van der Waals surface area contributed by atoms with E-state index < -0.39 is 0 Å². The summed E-state index contributed by atoms with van der Waals surface area (Å²) < 4.78 is 1.85. The molecule has 23 heavy (non-hydrogen) atoms.